The molecule has 2 aromatic rings. The van der Waals surface area contributed by atoms with E-state index in [2.05, 4.69) is 5.43 Å². The van der Waals surface area contributed by atoms with Gasteiger partial charge in [0.05, 0.1) is 11.2 Å². The number of aromatic nitrogens is 1. The number of nitrogens with one attached hydrogen (secondary N) is 1. The highest BCUT2D eigenvalue weighted by molar-refractivity contribution is 5.93. The molecular weight excluding hydrogens is 369 g/mol. The zero-order chi connectivity index (χ0) is 20.0. The number of aromatic carboxylic acids is 1. The third-order valence-corrected chi connectivity index (χ3v) is 5.30. The molecule has 28 heavy (non-hydrogen) atoms. The van der Waals surface area contributed by atoms with Crippen LogP contribution in [0.1, 0.15) is 29.2 Å². The quantitative estimate of drug-likeness (QED) is 0.407. The molecule has 9 nitrogen and oxygen atoms in total. The number of fused-ring (bicyclic) bond motifs is 1. The molecule has 1 saturated carbocycles. The molecule has 4 N–H and O–H groups in total. The fourth-order valence-electron chi connectivity index (χ4n) is 3.65. The van der Waals surface area contributed by atoms with Gasteiger partial charge in [-0.2, -0.15) is 0 Å². The smallest absolute Gasteiger partial charge is 0.341 e. The zero-order valence-electron chi connectivity index (χ0n) is 15.0. The summed E-state index contributed by atoms with van der Waals surface area (Å²) in [6.07, 6.45) is 3.13. The van der Waals surface area contributed by atoms with Crippen LogP contribution >= 0.6 is 0 Å². The molecule has 1 aromatic carbocycles. The summed E-state index contributed by atoms with van der Waals surface area (Å²) in [6.45, 7) is 1.59. The van der Waals surface area contributed by atoms with Crippen molar-refractivity contribution in [1.29, 1.82) is 0 Å². The summed E-state index contributed by atoms with van der Waals surface area (Å²) in [5.41, 5.74) is 1.90. The molecule has 1 saturated heterocycles. The van der Waals surface area contributed by atoms with Crippen molar-refractivity contribution in [2.75, 3.05) is 31.1 Å². The van der Waals surface area contributed by atoms with Gasteiger partial charge in [0.15, 0.2) is 0 Å². The summed E-state index contributed by atoms with van der Waals surface area (Å²) in [6, 6.07) is 2.46. The van der Waals surface area contributed by atoms with Crippen molar-refractivity contribution in [3.05, 3.63) is 39.9 Å². The lowest BCUT2D eigenvalue weighted by molar-refractivity contribution is 0.0694. The normalized spacial score (nSPS) is 17.1. The number of amides is 2. The van der Waals surface area contributed by atoms with E-state index in [1.807, 2.05) is 4.90 Å². The molecule has 10 heteroatoms. The maximum absolute atomic E-state index is 14.8. The first kappa shape index (κ1) is 18.2. The van der Waals surface area contributed by atoms with Gasteiger partial charge in [-0.25, -0.2) is 19.8 Å². The molecule has 0 bridgehead atoms. The summed E-state index contributed by atoms with van der Waals surface area (Å²) < 4.78 is 16.6. The summed E-state index contributed by atoms with van der Waals surface area (Å²) in [4.78, 5) is 38.9. The number of nitrogens with zero attached hydrogens (tertiary/aromatic N) is 3. The second kappa shape index (κ2) is 6.79. The number of hydrazine groups is 1. The third kappa shape index (κ3) is 3.05. The standard InChI is InChI=1S/C18H20FN5O4/c19-13-7-11-14(24(10-1-2-10)9-12(16(11)25)17(26)27)8-15(13)22-3-5-23(6-4-22)18(28)21-20/h7-10H,1-6,20H2,(H,21,28)(H,26,27). The van der Waals surface area contributed by atoms with Crippen LogP contribution in [0.15, 0.2) is 23.1 Å². The predicted molar refractivity (Wildman–Crippen MR) is 99.9 cm³/mol. The molecule has 0 radical (unpaired) electrons. The van der Waals surface area contributed by atoms with Gasteiger partial charge in [-0.1, -0.05) is 0 Å². The van der Waals surface area contributed by atoms with Crippen LogP contribution in [0.5, 0.6) is 0 Å². The van der Waals surface area contributed by atoms with Crippen LogP contribution in [0.3, 0.4) is 0 Å². The minimum absolute atomic E-state index is 0.0641. The van der Waals surface area contributed by atoms with Gasteiger partial charge in [-0.15, -0.1) is 0 Å². The lowest BCUT2D eigenvalue weighted by Gasteiger charge is -2.36. The van der Waals surface area contributed by atoms with E-state index in [-0.39, 0.29) is 23.0 Å². The van der Waals surface area contributed by atoms with Crippen molar-refractivity contribution >= 4 is 28.6 Å². The Balaban J connectivity index is 1.75. The highest BCUT2D eigenvalue weighted by atomic mass is 19.1. The third-order valence-electron chi connectivity index (χ3n) is 5.30. The Kier molecular flexibility index (Phi) is 4.42. The summed E-state index contributed by atoms with van der Waals surface area (Å²) in [5.74, 6) is 3.23. The number of rotatable bonds is 3. The number of carboxylic acids is 1. The van der Waals surface area contributed by atoms with E-state index >= 15 is 0 Å². The lowest BCUT2D eigenvalue weighted by atomic mass is 10.1. The van der Waals surface area contributed by atoms with Crippen molar-refractivity contribution in [1.82, 2.24) is 14.9 Å². The van der Waals surface area contributed by atoms with Crippen molar-refractivity contribution < 1.29 is 19.1 Å². The molecule has 0 unspecified atom stereocenters. The van der Waals surface area contributed by atoms with Crippen molar-refractivity contribution in [3.8, 4) is 0 Å². The molecule has 4 rings (SSSR count). The molecule has 0 spiro atoms. The second-order valence-corrected chi connectivity index (χ2v) is 7.06. The minimum atomic E-state index is -1.32. The van der Waals surface area contributed by atoms with E-state index < -0.39 is 17.2 Å². The van der Waals surface area contributed by atoms with Gasteiger partial charge in [0.25, 0.3) is 0 Å². The van der Waals surface area contributed by atoms with E-state index in [9.17, 15) is 23.9 Å². The first-order valence-electron chi connectivity index (χ1n) is 9.03. The molecule has 2 aliphatic rings. The molecule has 1 aromatic heterocycles. The Labute approximate surface area is 159 Å². The van der Waals surface area contributed by atoms with Gasteiger partial charge in [-0.05, 0) is 25.0 Å². The summed E-state index contributed by atoms with van der Waals surface area (Å²) in [7, 11) is 0. The number of hydrogen-bond acceptors (Lipinski definition) is 5. The number of pyridine rings is 1. The van der Waals surface area contributed by atoms with Gasteiger partial charge in [0.2, 0.25) is 5.43 Å². The first-order valence-corrected chi connectivity index (χ1v) is 9.03. The number of carbonyl (C=O) groups excluding carboxylic acids is 1. The van der Waals surface area contributed by atoms with Crippen molar-refractivity contribution in [3.63, 3.8) is 0 Å². The molecule has 1 aliphatic carbocycles. The van der Waals surface area contributed by atoms with E-state index in [4.69, 9.17) is 5.84 Å². The van der Waals surface area contributed by atoms with E-state index in [0.29, 0.717) is 37.4 Å². The van der Waals surface area contributed by atoms with Gasteiger partial charge in [0, 0.05) is 43.8 Å². The zero-order valence-corrected chi connectivity index (χ0v) is 15.0. The predicted octanol–water partition coefficient (Wildman–Crippen LogP) is 0.879. The number of anilines is 1. The number of nitrogens with two attached hydrogens (primary N) is 1. The molecule has 1 aliphatic heterocycles. The van der Waals surface area contributed by atoms with Crippen LogP contribution < -0.4 is 21.6 Å². The largest absolute Gasteiger partial charge is 0.477 e. The lowest BCUT2D eigenvalue weighted by Crippen LogP contribution is -2.53. The van der Waals surface area contributed by atoms with Crippen LogP contribution in [0, 0.1) is 5.82 Å². The Morgan fingerprint density at radius 2 is 1.86 bits per heavy atom. The van der Waals surface area contributed by atoms with Crippen LogP contribution in [-0.2, 0) is 0 Å². The fourth-order valence-corrected chi connectivity index (χ4v) is 3.65. The van der Waals surface area contributed by atoms with Crippen molar-refractivity contribution in [2.24, 2.45) is 5.84 Å². The van der Waals surface area contributed by atoms with E-state index in [1.165, 1.54) is 11.1 Å². The Morgan fingerprint density at radius 1 is 1.18 bits per heavy atom. The average molecular weight is 389 g/mol. The number of hydrogen-bond donors (Lipinski definition) is 3. The molecular formula is C18H20FN5O4. The van der Waals surface area contributed by atoms with E-state index in [0.717, 1.165) is 18.9 Å². The summed E-state index contributed by atoms with van der Waals surface area (Å²) in [5, 5.41) is 9.37. The number of halogens is 1. The van der Waals surface area contributed by atoms with Gasteiger partial charge >= 0.3 is 12.0 Å². The number of carboxylic acid groups (broad SMARTS) is 1. The van der Waals surface area contributed by atoms with Gasteiger partial charge in [-0.3, -0.25) is 10.2 Å². The molecule has 2 amide bonds. The maximum Gasteiger partial charge on any atom is 0.341 e. The molecule has 148 valence electrons. The summed E-state index contributed by atoms with van der Waals surface area (Å²) >= 11 is 0. The SMILES string of the molecule is NNC(=O)N1CCN(c2cc3c(cc2F)c(=O)c(C(=O)O)cn3C2CC2)CC1. The Hall–Kier alpha value is -3.14. The highest BCUT2D eigenvalue weighted by Crippen LogP contribution is 2.38. The maximum atomic E-state index is 14.8. The number of carbonyl (C=O) groups is 2. The van der Waals surface area contributed by atoms with Crippen LogP contribution in [-0.4, -0.2) is 52.8 Å². The monoisotopic (exact) mass is 389 g/mol. The fraction of sp³-hybridized carbons (Fsp3) is 0.389. The minimum Gasteiger partial charge on any atom is -0.477 e. The number of benzene rings is 1. The van der Waals surface area contributed by atoms with Crippen LogP contribution in [0.4, 0.5) is 14.9 Å². The van der Waals surface area contributed by atoms with Crippen LogP contribution in [0.25, 0.3) is 10.9 Å². The van der Waals surface area contributed by atoms with Crippen LogP contribution in [0.2, 0.25) is 0 Å². The Morgan fingerprint density at radius 3 is 2.43 bits per heavy atom. The second-order valence-electron chi connectivity index (χ2n) is 7.06. The first-order chi connectivity index (χ1) is 13.4. The molecule has 2 heterocycles. The van der Waals surface area contributed by atoms with E-state index in [1.54, 1.807) is 10.6 Å². The number of piperazine rings is 1. The highest BCUT2D eigenvalue weighted by Gasteiger charge is 2.29. The number of urea groups is 1. The molecule has 0 atom stereocenters. The van der Waals surface area contributed by atoms with Gasteiger partial charge in [0.1, 0.15) is 11.4 Å². The van der Waals surface area contributed by atoms with Gasteiger partial charge < -0.3 is 19.5 Å². The molecule has 2 fully saturated rings. The average Bonchev–Trinajstić information content (AvgIpc) is 3.52. The van der Waals surface area contributed by atoms with Crippen molar-refractivity contribution in [2.45, 2.75) is 18.9 Å². The topological polar surface area (TPSA) is 121 Å². The Bertz CT molecular complexity index is 1020.